The summed E-state index contributed by atoms with van der Waals surface area (Å²) in [6, 6.07) is 1.87. The number of carboxylic acids is 1. The van der Waals surface area contributed by atoms with E-state index in [-0.39, 0.29) is 6.54 Å². The molecular formula is C11H13N5O2. The van der Waals surface area contributed by atoms with Crippen LogP contribution in [0.25, 0.3) is 0 Å². The Labute approximate surface area is 103 Å². The van der Waals surface area contributed by atoms with Gasteiger partial charge in [-0.3, -0.25) is 9.78 Å². The molecule has 0 unspecified atom stereocenters. The smallest absolute Gasteiger partial charge is 0.325 e. The molecule has 0 aliphatic carbocycles. The van der Waals surface area contributed by atoms with Gasteiger partial charge in [0.05, 0.1) is 12.7 Å². The molecule has 0 bridgehead atoms. The molecule has 0 aromatic carbocycles. The molecule has 0 saturated carbocycles. The van der Waals surface area contributed by atoms with Gasteiger partial charge < -0.3 is 10.4 Å². The van der Waals surface area contributed by atoms with E-state index in [9.17, 15) is 4.79 Å². The fourth-order valence-corrected chi connectivity index (χ4v) is 1.49. The number of rotatable bonds is 5. The zero-order valence-corrected chi connectivity index (χ0v) is 9.87. The lowest BCUT2D eigenvalue weighted by Gasteiger charge is -2.06. The van der Waals surface area contributed by atoms with Crippen molar-refractivity contribution in [1.82, 2.24) is 20.0 Å². The van der Waals surface area contributed by atoms with Gasteiger partial charge in [0.15, 0.2) is 0 Å². The number of aryl methyl sites for hydroxylation is 1. The molecule has 7 heteroatoms. The van der Waals surface area contributed by atoms with E-state index in [1.165, 1.54) is 4.68 Å². The molecule has 2 aromatic heterocycles. The van der Waals surface area contributed by atoms with Gasteiger partial charge >= 0.3 is 5.97 Å². The molecule has 0 atom stereocenters. The minimum absolute atomic E-state index is 0.179. The summed E-state index contributed by atoms with van der Waals surface area (Å²) in [7, 11) is 0. The van der Waals surface area contributed by atoms with Crippen molar-refractivity contribution in [2.45, 2.75) is 20.0 Å². The van der Waals surface area contributed by atoms with Gasteiger partial charge in [0, 0.05) is 18.1 Å². The quantitative estimate of drug-likeness (QED) is 0.807. The van der Waals surface area contributed by atoms with Crippen LogP contribution < -0.4 is 5.32 Å². The molecule has 0 fully saturated rings. The third-order valence-corrected chi connectivity index (χ3v) is 2.36. The maximum Gasteiger partial charge on any atom is 0.325 e. The lowest BCUT2D eigenvalue weighted by molar-refractivity contribution is -0.137. The molecule has 7 nitrogen and oxygen atoms in total. The zero-order valence-electron chi connectivity index (χ0n) is 9.87. The Morgan fingerprint density at radius 2 is 2.39 bits per heavy atom. The average molecular weight is 247 g/mol. The van der Waals surface area contributed by atoms with E-state index in [1.807, 2.05) is 13.0 Å². The number of carbonyl (C=O) groups is 1. The van der Waals surface area contributed by atoms with Gasteiger partial charge in [-0.05, 0) is 18.6 Å². The van der Waals surface area contributed by atoms with E-state index >= 15 is 0 Å². The average Bonchev–Trinajstić information content (AvgIpc) is 2.75. The molecule has 0 amide bonds. The topological polar surface area (TPSA) is 92.9 Å². The number of hydrogen-bond donors (Lipinski definition) is 2. The second-order valence-electron chi connectivity index (χ2n) is 3.85. The van der Waals surface area contributed by atoms with E-state index in [1.54, 1.807) is 18.6 Å². The fraction of sp³-hybridized carbons (Fsp3) is 0.273. The van der Waals surface area contributed by atoms with Crippen LogP contribution in [0.15, 0.2) is 24.7 Å². The van der Waals surface area contributed by atoms with Crippen LogP contribution in [-0.2, 0) is 17.9 Å². The number of nitrogens with one attached hydrogen (secondary N) is 1. The molecule has 0 aliphatic heterocycles. The van der Waals surface area contributed by atoms with Gasteiger partial charge in [-0.25, -0.2) is 4.68 Å². The van der Waals surface area contributed by atoms with Crippen molar-refractivity contribution in [3.8, 4) is 0 Å². The first-order chi connectivity index (χ1) is 8.65. The van der Waals surface area contributed by atoms with Crippen LogP contribution in [0.2, 0.25) is 0 Å². The first kappa shape index (κ1) is 12.0. The summed E-state index contributed by atoms with van der Waals surface area (Å²) in [5.41, 5.74) is 2.70. The number of anilines is 1. The number of aliphatic carboxylic acids is 1. The number of aromatic nitrogens is 4. The van der Waals surface area contributed by atoms with Gasteiger partial charge in [-0.1, -0.05) is 5.21 Å². The van der Waals surface area contributed by atoms with Crippen molar-refractivity contribution in [3.05, 3.63) is 35.9 Å². The molecule has 18 heavy (non-hydrogen) atoms. The molecule has 0 radical (unpaired) electrons. The molecular weight excluding hydrogens is 234 g/mol. The third kappa shape index (κ3) is 3.03. The van der Waals surface area contributed by atoms with Crippen LogP contribution >= 0.6 is 0 Å². The number of pyridine rings is 1. The Kier molecular flexibility index (Phi) is 3.52. The summed E-state index contributed by atoms with van der Waals surface area (Å²) in [6.45, 7) is 2.27. The standard InChI is InChI=1S/C11H13N5O2/c1-8-4-12-3-2-10(8)13-5-9-6-16(15-14-9)7-11(17)18/h2-4,6H,5,7H2,1H3,(H,12,13)(H,17,18). The summed E-state index contributed by atoms with van der Waals surface area (Å²) in [4.78, 5) is 14.5. The number of carboxylic acid groups (broad SMARTS) is 1. The van der Waals surface area contributed by atoms with Gasteiger partial charge in [-0.2, -0.15) is 0 Å². The predicted octanol–water partition coefficient (Wildman–Crippen LogP) is 0.678. The van der Waals surface area contributed by atoms with Crippen LogP contribution in [0, 0.1) is 6.92 Å². The largest absolute Gasteiger partial charge is 0.480 e. The summed E-state index contributed by atoms with van der Waals surface area (Å²) < 4.78 is 1.29. The van der Waals surface area contributed by atoms with Crippen LogP contribution in [0.1, 0.15) is 11.3 Å². The first-order valence-electron chi connectivity index (χ1n) is 5.40. The SMILES string of the molecule is Cc1cnccc1NCc1cn(CC(=O)O)nn1. The molecule has 0 saturated heterocycles. The molecule has 0 aliphatic rings. The maximum atomic E-state index is 10.5. The van der Waals surface area contributed by atoms with Crippen molar-refractivity contribution in [2.24, 2.45) is 0 Å². The highest BCUT2D eigenvalue weighted by atomic mass is 16.4. The Balaban J connectivity index is 1.96. The minimum Gasteiger partial charge on any atom is -0.480 e. The second-order valence-corrected chi connectivity index (χ2v) is 3.85. The Bertz CT molecular complexity index is 552. The van der Waals surface area contributed by atoms with Gasteiger partial charge in [0.25, 0.3) is 0 Å². The summed E-state index contributed by atoms with van der Waals surface area (Å²) >= 11 is 0. The predicted molar refractivity (Wildman–Crippen MR) is 64.0 cm³/mol. The van der Waals surface area contributed by atoms with E-state index in [0.717, 1.165) is 11.3 Å². The highest BCUT2D eigenvalue weighted by Gasteiger charge is 2.04. The lowest BCUT2D eigenvalue weighted by Crippen LogP contribution is -2.09. The molecule has 2 rings (SSSR count). The van der Waals surface area contributed by atoms with Crippen molar-refractivity contribution in [3.63, 3.8) is 0 Å². The highest BCUT2D eigenvalue weighted by Crippen LogP contribution is 2.12. The van der Waals surface area contributed by atoms with Gasteiger partial charge in [-0.15, -0.1) is 5.10 Å². The van der Waals surface area contributed by atoms with E-state index in [0.29, 0.717) is 12.2 Å². The van der Waals surface area contributed by atoms with E-state index in [2.05, 4.69) is 20.6 Å². The molecule has 2 aromatic rings. The fourth-order valence-electron chi connectivity index (χ4n) is 1.49. The molecule has 94 valence electrons. The van der Waals surface area contributed by atoms with Crippen LogP contribution in [0.5, 0.6) is 0 Å². The van der Waals surface area contributed by atoms with E-state index < -0.39 is 5.97 Å². The Morgan fingerprint density at radius 1 is 1.56 bits per heavy atom. The summed E-state index contributed by atoms with van der Waals surface area (Å²) in [5, 5.41) is 19.4. The molecule has 2 N–H and O–H groups in total. The highest BCUT2D eigenvalue weighted by molar-refractivity contribution is 5.66. The zero-order chi connectivity index (χ0) is 13.0. The van der Waals surface area contributed by atoms with Crippen LogP contribution in [0.4, 0.5) is 5.69 Å². The van der Waals surface area contributed by atoms with Crippen molar-refractivity contribution >= 4 is 11.7 Å². The van der Waals surface area contributed by atoms with E-state index in [4.69, 9.17) is 5.11 Å². The van der Waals surface area contributed by atoms with Crippen molar-refractivity contribution in [2.75, 3.05) is 5.32 Å². The number of hydrogen-bond acceptors (Lipinski definition) is 5. The molecule has 0 spiro atoms. The molecule has 2 heterocycles. The lowest BCUT2D eigenvalue weighted by atomic mass is 10.2. The van der Waals surface area contributed by atoms with Crippen molar-refractivity contribution < 1.29 is 9.90 Å². The second kappa shape index (κ2) is 5.26. The summed E-state index contributed by atoms with van der Waals surface area (Å²) in [5.74, 6) is -0.940. The minimum atomic E-state index is -0.940. The van der Waals surface area contributed by atoms with Crippen molar-refractivity contribution in [1.29, 1.82) is 0 Å². The summed E-state index contributed by atoms with van der Waals surface area (Å²) in [6.07, 6.45) is 5.08. The third-order valence-electron chi connectivity index (χ3n) is 2.36. The van der Waals surface area contributed by atoms with Crippen LogP contribution in [-0.4, -0.2) is 31.1 Å². The monoisotopic (exact) mass is 247 g/mol. The first-order valence-corrected chi connectivity index (χ1v) is 5.40. The number of nitrogens with zero attached hydrogens (tertiary/aromatic N) is 4. The van der Waals surface area contributed by atoms with Gasteiger partial charge in [0.2, 0.25) is 0 Å². The Hall–Kier alpha value is -2.44. The maximum absolute atomic E-state index is 10.5. The Morgan fingerprint density at radius 3 is 3.11 bits per heavy atom. The van der Waals surface area contributed by atoms with Gasteiger partial charge in [0.1, 0.15) is 12.2 Å². The van der Waals surface area contributed by atoms with Crippen LogP contribution in [0.3, 0.4) is 0 Å². The normalized spacial score (nSPS) is 10.3.